The fourth-order valence-corrected chi connectivity index (χ4v) is 4.33. The van der Waals surface area contributed by atoms with Gasteiger partial charge < -0.3 is 30.4 Å². The minimum absolute atomic E-state index is 0.0325. The van der Waals surface area contributed by atoms with Crippen molar-refractivity contribution in [2.24, 2.45) is 5.92 Å². The van der Waals surface area contributed by atoms with Gasteiger partial charge in [0.2, 0.25) is 11.8 Å². The van der Waals surface area contributed by atoms with Crippen LogP contribution in [0.2, 0.25) is 0 Å². The number of likely N-dealkylation sites (tertiary alicyclic amines) is 1. The summed E-state index contributed by atoms with van der Waals surface area (Å²) >= 11 is 0. The Bertz CT molecular complexity index is 534. The van der Waals surface area contributed by atoms with Crippen molar-refractivity contribution in [1.82, 2.24) is 15.1 Å². The van der Waals surface area contributed by atoms with Crippen LogP contribution < -0.4 is 5.32 Å². The van der Waals surface area contributed by atoms with Gasteiger partial charge in [-0.1, -0.05) is 20.8 Å². The normalized spacial score (nSPS) is 25.2. The monoisotopic (exact) mass is 399 g/mol. The number of piperidine rings is 1. The second kappa shape index (κ2) is 10.0. The molecule has 0 aromatic rings. The lowest BCUT2D eigenvalue weighted by molar-refractivity contribution is -0.161. The quantitative estimate of drug-likeness (QED) is 0.424. The Morgan fingerprint density at radius 3 is 2.32 bits per heavy atom. The van der Waals surface area contributed by atoms with Crippen molar-refractivity contribution in [1.29, 1.82) is 0 Å². The van der Waals surface area contributed by atoms with E-state index in [2.05, 4.69) is 24.1 Å². The second-order valence-electron chi connectivity index (χ2n) is 8.62. The Kier molecular flexibility index (Phi) is 8.24. The van der Waals surface area contributed by atoms with Crippen LogP contribution in [0.4, 0.5) is 0 Å². The van der Waals surface area contributed by atoms with Gasteiger partial charge in [-0.3, -0.25) is 9.59 Å². The molecule has 4 N–H and O–H groups in total. The highest BCUT2D eigenvalue weighted by atomic mass is 16.4. The molecular weight excluding hydrogens is 362 g/mol. The molecule has 2 saturated heterocycles. The van der Waals surface area contributed by atoms with E-state index in [0.717, 1.165) is 6.42 Å². The summed E-state index contributed by atoms with van der Waals surface area (Å²) in [6.45, 7) is 8.12. The largest absolute Gasteiger partial charge is 0.394 e. The molecule has 2 aliphatic heterocycles. The minimum atomic E-state index is -1.13. The van der Waals surface area contributed by atoms with E-state index >= 15 is 0 Å². The van der Waals surface area contributed by atoms with Gasteiger partial charge in [0.05, 0.1) is 12.7 Å². The van der Waals surface area contributed by atoms with Crippen LogP contribution in [-0.4, -0.2) is 93.5 Å². The number of aliphatic hydroxyl groups is 3. The molecule has 0 radical (unpaired) electrons. The van der Waals surface area contributed by atoms with Gasteiger partial charge in [0.1, 0.15) is 17.7 Å². The Labute approximate surface area is 167 Å². The molecule has 0 aromatic heterocycles. The molecule has 2 rings (SSSR count). The Morgan fingerprint density at radius 2 is 1.79 bits per heavy atom. The number of nitrogens with one attached hydrogen (secondary N) is 1. The molecule has 2 fully saturated rings. The maximum absolute atomic E-state index is 13.1. The molecule has 8 heteroatoms. The molecule has 0 bridgehead atoms. The molecule has 0 aliphatic carbocycles. The van der Waals surface area contributed by atoms with Gasteiger partial charge in [-0.15, -0.1) is 0 Å². The standard InChI is InChI=1S/C20H37N3O5/c1-4-8-23-18(27)15(12-14(2)3)21-19(28)20(23)6-10-22(11-7-20)9-5-16(25)17(26)13-24/h14-17,24-26H,4-13H2,1-3H3,(H,21,28)/t15?,16-,17+/m0/s1. The maximum Gasteiger partial charge on any atom is 0.246 e. The highest BCUT2D eigenvalue weighted by molar-refractivity contribution is 6.00. The fourth-order valence-electron chi connectivity index (χ4n) is 4.33. The van der Waals surface area contributed by atoms with Crippen molar-refractivity contribution in [3.8, 4) is 0 Å². The summed E-state index contributed by atoms with van der Waals surface area (Å²) in [7, 11) is 0. The molecule has 1 spiro atoms. The summed E-state index contributed by atoms with van der Waals surface area (Å²) in [6.07, 6.45) is 0.858. The maximum atomic E-state index is 13.1. The van der Waals surface area contributed by atoms with Crippen LogP contribution in [0.25, 0.3) is 0 Å². The average Bonchev–Trinajstić information content (AvgIpc) is 2.67. The van der Waals surface area contributed by atoms with Gasteiger partial charge in [-0.05, 0) is 38.0 Å². The zero-order valence-corrected chi connectivity index (χ0v) is 17.4. The minimum Gasteiger partial charge on any atom is -0.394 e. The van der Waals surface area contributed by atoms with Crippen molar-refractivity contribution in [3.05, 3.63) is 0 Å². The van der Waals surface area contributed by atoms with E-state index < -0.39 is 30.4 Å². The number of hydrogen-bond donors (Lipinski definition) is 4. The summed E-state index contributed by atoms with van der Waals surface area (Å²) in [4.78, 5) is 30.1. The molecule has 2 heterocycles. The highest BCUT2D eigenvalue weighted by Crippen LogP contribution is 2.34. The Morgan fingerprint density at radius 1 is 1.14 bits per heavy atom. The van der Waals surface area contributed by atoms with Crippen molar-refractivity contribution in [3.63, 3.8) is 0 Å². The van der Waals surface area contributed by atoms with E-state index in [4.69, 9.17) is 5.11 Å². The molecule has 2 amide bonds. The first-order valence-corrected chi connectivity index (χ1v) is 10.6. The lowest BCUT2D eigenvalue weighted by atomic mass is 9.80. The average molecular weight is 400 g/mol. The second-order valence-corrected chi connectivity index (χ2v) is 8.62. The Balaban J connectivity index is 2.02. The van der Waals surface area contributed by atoms with Crippen LogP contribution >= 0.6 is 0 Å². The van der Waals surface area contributed by atoms with Crippen LogP contribution in [0, 0.1) is 5.92 Å². The van der Waals surface area contributed by atoms with Crippen molar-refractivity contribution in [2.45, 2.75) is 76.7 Å². The molecule has 3 atom stereocenters. The summed E-state index contributed by atoms with van der Waals surface area (Å²) in [6, 6.07) is -0.433. The molecular formula is C20H37N3O5. The van der Waals surface area contributed by atoms with Crippen molar-refractivity contribution in [2.75, 3.05) is 32.8 Å². The summed E-state index contributed by atoms with van der Waals surface area (Å²) < 4.78 is 0. The van der Waals surface area contributed by atoms with Crippen LogP contribution in [0.1, 0.15) is 52.9 Å². The van der Waals surface area contributed by atoms with Crippen LogP contribution in [0.5, 0.6) is 0 Å². The summed E-state index contributed by atoms with van der Waals surface area (Å²) in [5.74, 6) is 0.320. The van der Waals surface area contributed by atoms with Crippen LogP contribution in [-0.2, 0) is 9.59 Å². The molecule has 8 nitrogen and oxygen atoms in total. The molecule has 0 saturated carbocycles. The number of carbonyl (C=O) groups excluding carboxylic acids is 2. The van der Waals surface area contributed by atoms with E-state index in [1.165, 1.54) is 0 Å². The SMILES string of the molecule is CCCN1C(=O)C(CC(C)C)NC(=O)C12CCN(CC[C@H](O)[C@H](O)CO)CC2. The van der Waals surface area contributed by atoms with Crippen molar-refractivity contribution < 1.29 is 24.9 Å². The first kappa shape index (κ1) is 23.1. The van der Waals surface area contributed by atoms with E-state index in [-0.39, 0.29) is 11.8 Å². The molecule has 2 aliphatic rings. The van der Waals surface area contributed by atoms with Crippen LogP contribution in [0.3, 0.4) is 0 Å². The predicted molar refractivity (Wildman–Crippen MR) is 106 cm³/mol. The first-order chi connectivity index (χ1) is 13.2. The molecule has 0 aromatic carbocycles. The number of amides is 2. The Hall–Kier alpha value is -1.22. The number of hydrogen-bond acceptors (Lipinski definition) is 6. The molecule has 1 unspecified atom stereocenters. The third-order valence-corrected chi connectivity index (χ3v) is 6.02. The predicted octanol–water partition coefficient (Wildman–Crippen LogP) is -0.292. The number of nitrogens with zero attached hydrogens (tertiary/aromatic N) is 2. The van der Waals surface area contributed by atoms with Gasteiger partial charge in [0.15, 0.2) is 0 Å². The first-order valence-electron chi connectivity index (χ1n) is 10.6. The van der Waals surface area contributed by atoms with Gasteiger partial charge in [0.25, 0.3) is 0 Å². The lowest BCUT2D eigenvalue weighted by Gasteiger charge is -2.52. The van der Waals surface area contributed by atoms with E-state index in [0.29, 0.717) is 57.8 Å². The van der Waals surface area contributed by atoms with E-state index in [9.17, 15) is 19.8 Å². The number of piperazine rings is 1. The summed E-state index contributed by atoms with van der Waals surface area (Å²) in [5.41, 5.74) is -0.777. The van der Waals surface area contributed by atoms with Gasteiger partial charge >= 0.3 is 0 Å². The zero-order valence-electron chi connectivity index (χ0n) is 17.4. The molecule has 28 heavy (non-hydrogen) atoms. The number of rotatable bonds is 9. The number of carbonyl (C=O) groups is 2. The topological polar surface area (TPSA) is 113 Å². The molecule has 162 valence electrons. The van der Waals surface area contributed by atoms with Gasteiger partial charge in [-0.25, -0.2) is 0 Å². The third-order valence-electron chi connectivity index (χ3n) is 6.02. The summed E-state index contributed by atoms with van der Waals surface area (Å²) in [5, 5.41) is 31.2. The zero-order chi connectivity index (χ0) is 20.9. The van der Waals surface area contributed by atoms with E-state index in [1.807, 2.05) is 11.8 Å². The van der Waals surface area contributed by atoms with Gasteiger partial charge in [0, 0.05) is 26.2 Å². The fraction of sp³-hybridized carbons (Fsp3) is 0.900. The van der Waals surface area contributed by atoms with E-state index in [1.54, 1.807) is 0 Å². The lowest BCUT2D eigenvalue weighted by Crippen LogP contribution is -2.73. The number of aliphatic hydroxyl groups excluding tert-OH is 3. The highest BCUT2D eigenvalue weighted by Gasteiger charge is 2.53. The third kappa shape index (κ3) is 5.03. The smallest absolute Gasteiger partial charge is 0.246 e. The van der Waals surface area contributed by atoms with Gasteiger partial charge in [-0.2, -0.15) is 0 Å². The van der Waals surface area contributed by atoms with Crippen LogP contribution in [0.15, 0.2) is 0 Å². The van der Waals surface area contributed by atoms with Crippen molar-refractivity contribution >= 4 is 11.8 Å².